The Bertz CT molecular complexity index is 1720. The van der Waals surface area contributed by atoms with Gasteiger partial charge in [0, 0.05) is 17.1 Å². The van der Waals surface area contributed by atoms with Crippen LogP contribution in [0.25, 0.3) is 0 Å². The summed E-state index contributed by atoms with van der Waals surface area (Å²) in [5, 5.41) is 16.7. The van der Waals surface area contributed by atoms with E-state index in [-0.39, 0.29) is 35.9 Å². The highest BCUT2D eigenvalue weighted by atomic mass is 35.5. The Hall–Kier alpha value is -4.39. The van der Waals surface area contributed by atoms with Gasteiger partial charge in [0.15, 0.2) is 0 Å². The number of rotatable bonds is 14. The first-order valence-corrected chi connectivity index (χ1v) is 17.0. The molecule has 2 atom stereocenters. The zero-order valence-electron chi connectivity index (χ0n) is 27.8. The number of carbonyl (C=O) groups excluding carboxylic acids is 4. The third kappa shape index (κ3) is 13.6. The van der Waals surface area contributed by atoms with E-state index in [1.165, 1.54) is 31.2 Å². The predicted molar refractivity (Wildman–Crippen MR) is 192 cm³/mol. The molecule has 3 aromatic carbocycles. The second-order valence-corrected chi connectivity index (χ2v) is 13.3. The average Bonchev–Trinajstić information content (AvgIpc) is 3.58. The molecule has 0 saturated heterocycles. The lowest BCUT2D eigenvalue weighted by molar-refractivity contribution is -0.144. The summed E-state index contributed by atoms with van der Waals surface area (Å²) >= 11 is 13.2. The minimum absolute atomic E-state index is 0.170. The van der Waals surface area contributed by atoms with Gasteiger partial charge in [0.25, 0.3) is 0 Å². The molecule has 260 valence electrons. The number of amides is 2. The number of nitrogens with zero attached hydrogens (tertiary/aromatic N) is 2. The van der Waals surface area contributed by atoms with Gasteiger partial charge in [-0.15, -0.1) is 5.10 Å². The Balaban J connectivity index is 0.000000293. The summed E-state index contributed by atoms with van der Waals surface area (Å²) in [7, 11) is 0. The van der Waals surface area contributed by atoms with Crippen LogP contribution < -0.4 is 15.4 Å². The van der Waals surface area contributed by atoms with Gasteiger partial charge in [0.1, 0.15) is 28.4 Å². The molecule has 49 heavy (non-hydrogen) atoms. The van der Waals surface area contributed by atoms with Gasteiger partial charge >= 0.3 is 5.97 Å². The number of thioether (sulfide) groups is 1. The number of hydrogen-bond donors (Lipinski definition) is 3. The third-order valence-electron chi connectivity index (χ3n) is 6.96. The van der Waals surface area contributed by atoms with Crippen LogP contribution in [0.1, 0.15) is 50.3 Å². The molecule has 14 heteroatoms. The zero-order chi connectivity index (χ0) is 35.9. The highest BCUT2D eigenvalue weighted by Gasteiger charge is 2.19. The molecule has 2 unspecified atom stereocenters. The first kappa shape index (κ1) is 39.1. The van der Waals surface area contributed by atoms with Crippen molar-refractivity contribution in [2.75, 3.05) is 17.2 Å². The van der Waals surface area contributed by atoms with Crippen LogP contribution in [-0.2, 0) is 30.5 Å². The Morgan fingerprint density at radius 3 is 2.35 bits per heavy atom. The third-order valence-corrected chi connectivity index (χ3v) is 8.53. The van der Waals surface area contributed by atoms with Gasteiger partial charge in [0.2, 0.25) is 11.8 Å². The zero-order valence-corrected chi connectivity index (χ0v) is 30.2. The van der Waals surface area contributed by atoms with E-state index in [4.69, 9.17) is 32.7 Å². The highest BCUT2D eigenvalue weighted by molar-refractivity contribution is 8.00. The summed E-state index contributed by atoms with van der Waals surface area (Å²) in [6, 6.07) is 17.9. The number of aromatic amines is 1. The van der Waals surface area contributed by atoms with Crippen molar-refractivity contribution >= 4 is 69.9 Å². The predicted octanol–water partition coefficient (Wildman–Crippen LogP) is 7.60. The maximum absolute atomic E-state index is 12.2. The molecule has 0 bridgehead atoms. The van der Waals surface area contributed by atoms with Crippen molar-refractivity contribution < 1.29 is 28.7 Å². The summed E-state index contributed by atoms with van der Waals surface area (Å²) in [5.41, 5.74) is 3.98. The molecule has 2 amide bonds. The number of aromatic nitrogens is 3. The number of nitrogens with one attached hydrogen (secondary N) is 3. The fourth-order valence-corrected chi connectivity index (χ4v) is 5.08. The maximum Gasteiger partial charge on any atom is 0.319 e. The van der Waals surface area contributed by atoms with Crippen LogP contribution in [0.4, 0.5) is 11.4 Å². The number of aryl methyl sites for hydroxylation is 2. The Morgan fingerprint density at radius 1 is 0.959 bits per heavy atom. The van der Waals surface area contributed by atoms with Gasteiger partial charge in [-0.05, 0) is 88.6 Å². The maximum atomic E-state index is 12.2. The van der Waals surface area contributed by atoms with E-state index in [0.29, 0.717) is 39.5 Å². The van der Waals surface area contributed by atoms with Crippen molar-refractivity contribution in [3.05, 3.63) is 93.6 Å². The number of carbonyl (C=O) groups is 4. The smallest absolute Gasteiger partial charge is 0.319 e. The number of ketones is 1. The summed E-state index contributed by atoms with van der Waals surface area (Å²) in [4.78, 5) is 47.4. The van der Waals surface area contributed by atoms with Crippen LogP contribution in [0.3, 0.4) is 0 Å². The van der Waals surface area contributed by atoms with E-state index in [2.05, 4.69) is 32.1 Å². The van der Waals surface area contributed by atoms with Gasteiger partial charge in [0.05, 0.1) is 29.4 Å². The van der Waals surface area contributed by atoms with Crippen LogP contribution in [0, 0.1) is 19.8 Å². The van der Waals surface area contributed by atoms with Crippen LogP contribution in [0.15, 0.2) is 71.9 Å². The molecule has 0 fully saturated rings. The number of anilines is 2. The van der Waals surface area contributed by atoms with Crippen molar-refractivity contribution in [1.82, 2.24) is 15.4 Å². The number of ether oxygens (including phenoxy) is 2. The van der Waals surface area contributed by atoms with Crippen LogP contribution in [0.5, 0.6) is 5.75 Å². The van der Waals surface area contributed by atoms with Crippen molar-refractivity contribution in [3.63, 3.8) is 0 Å². The molecule has 0 radical (unpaired) electrons. The number of hydrogen-bond acceptors (Lipinski definition) is 9. The molecule has 1 aromatic heterocycles. The molecule has 0 spiro atoms. The molecule has 3 N–H and O–H groups in total. The number of esters is 1. The summed E-state index contributed by atoms with van der Waals surface area (Å²) < 4.78 is 11.0. The summed E-state index contributed by atoms with van der Waals surface area (Å²) in [5.74, 6) is -1.11. The normalized spacial score (nSPS) is 11.7. The number of halogens is 2. The van der Waals surface area contributed by atoms with Crippen LogP contribution >= 0.6 is 35.0 Å². The van der Waals surface area contributed by atoms with Crippen LogP contribution in [-0.4, -0.2) is 50.8 Å². The molecular formula is C35H39Cl2N5O6S. The van der Waals surface area contributed by atoms with Gasteiger partial charge in [-0.1, -0.05) is 64.8 Å². The molecule has 4 rings (SSSR count). The highest BCUT2D eigenvalue weighted by Crippen LogP contribution is 2.27. The fourth-order valence-electron chi connectivity index (χ4n) is 4.05. The Morgan fingerprint density at radius 2 is 1.69 bits per heavy atom. The molecule has 4 aromatic rings. The van der Waals surface area contributed by atoms with Gasteiger partial charge in [-0.25, -0.2) is 0 Å². The lowest BCUT2D eigenvalue weighted by Gasteiger charge is -2.13. The molecule has 1 heterocycles. The molecule has 0 aliphatic rings. The Kier molecular flexibility index (Phi) is 15.6. The first-order valence-electron chi connectivity index (χ1n) is 15.4. The molecule has 0 aliphatic carbocycles. The monoisotopic (exact) mass is 727 g/mol. The van der Waals surface area contributed by atoms with E-state index < -0.39 is 11.8 Å². The van der Waals surface area contributed by atoms with E-state index in [9.17, 15) is 19.2 Å². The lowest BCUT2D eigenvalue weighted by atomic mass is 10.1. The molecular weight excluding hydrogens is 689 g/mol. The number of H-pyrrole nitrogens is 1. The minimum Gasteiger partial charge on any atom is -0.493 e. The fraction of sp³-hybridized carbons (Fsp3) is 0.314. The van der Waals surface area contributed by atoms with Crippen molar-refractivity contribution in [2.24, 2.45) is 5.92 Å². The van der Waals surface area contributed by atoms with Gasteiger partial charge in [-0.3, -0.25) is 19.2 Å². The standard InChI is InChI=1S/C23H27ClN2O4.C12H12ClN3O2S/c1-14-7-10-21(15(2)12-14)30-11-5-6-22(28)25-18-8-9-19(24)20(13-18)26-23(29)16(3)17(4)27;1-8(19-11-6-14-16-15-11)12(17)18-7-9-2-4-10(13)5-3-9/h7-10,12-13,16H,5-6,11H2,1-4H3,(H,25,28)(H,26,29);2-6,8H,7H2,1H3,(H,14,15,16). The average molecular weight is 729 g/mol. The number of benzene rings is 3. The topological polar surface area (TPSA) is 152 Å². The molecule has 0 saturated carbocycles. The molecule has 0 aliphatic heterocycles. The SMILES string of the molecule is CC(=O)C(C)C(=O)Nc1cc(NC(=O)CCCOc2ccc(C)cc2C)ccc1Cl.CC(Sc1cn[nH]n1)C(=O)OCc1ccc(Cl)cc1. The molecule has 11 nitrogen and oxygen atoms in total. The quantitative estimate of drug-likeness (QED) is 0.0516. The Labute approximate surface area is 299 Å². The van der Waals surface area contributed by atoms with Crippen molar-refractivity contribution in [2.45, 2.75) is 64.3 Å². The van der Waals surface area contributed by atoms with Gasteiger partial charge in [-0.2, -0.15) is 10.3 Å². The van der Waals surface area contributed by atoms with E-state index in [0.717, 1.165) is 16.9 Å². The van der Waals surface area contributed by atoms with Crippen molar-refractivity contribution in [3.8, 4) is 5.75 Å². The minimum atomic E-state index is -0.781. The first-order chi connectivity index (χ1) is 23.3. The second-order valence-electron chi connectivity index (χ2n) is 11.1. The number of Topliss-reactive ketones (excluding diaryl/α,β-unsaturated/α-hetero) is 1. The lowest BCUT2D eigenvalue weighted by Crippen LogP contribution is -2.25. The summed E-state index contributed by atoms with van der Waals surface area (Å²) in [6.45, 7) is 9.33. The largest absolute Gasteiger partial charge is 0.493 e. The summed E-state index contributed by atoms with van der Waals surface area (Å²) in [6.07, 6.45) is 2.41. The second kappa shape index (κ2) is 19.6. The van der Waals surface area contributed by atoms with Crippen molar-refractivity contribution in [1.29, 1.82) is 0 Å². The van der Waals surface area contributed by atoms with Gasteiger partial charge < -0.3 is 20.1 Å². The van der Waals surface area contributed by atoms with Crippen LogP contribution in [0.2, 0.25) is 10.0 Å². The van der Waals surface area contributed by atoms with E-state index in [1.807, 2.05) is 38.1 Å². The van der Waals surface area contributed by atoms with E-state index in [1.54, 1.807) is 43.5 Å². The van der Waals surface area contributed by atoms with E-state index >= 15 is 0 Å².